The molecular formula is C45H45F3N8O5. The lowest BCUT2D eigenvalue weighted by atomic mass is 9.92. The highest BCUT2D eigenvalue weighted by Gasteiger charge is 2.45. The van der Waals surface area contributed by atoms with E-state index >= 15 is 0 Å². The first-order chi connectivity index (χ1) is 29.3. The first-order valence-corrected chi connectivity index (χ1v) is 20.8. The number of carbonyl (C=O) groups excluding carboxylic acids is 5. The monoisotopic (exact) mass is 834 g/mol. The zero-order chi connectivity index (χ0) is 42.8. The smallest absolute Gasteiger partial charge is 0.371 e. The summed E-state index contributed by atoms with van der Waals surface area (Å²) in [6.07, 6.45) is 2.11. The van der Waals surface area contributed by atoms with Gasteiger partial charge in [-0.2, -0.15) is 18.4 Å². The van der Waals surface area contributed by atoms with Gasteiger partial charge < -0.3 is 20.0 Å². The third-order valence-corrected chi connectivity index (χ3v) is 12.6. The van der Waals surface area contributed by atoms with Crippen LogP contribution in [0.2, 0.25) is 0 Å². The van der Waals surface area contributed by atoms with Crippen LogP contribution in [0.4, 0.5) is 30.4 Å². The first kappa shape index (κ1) is 41.5. The molecule has 16 heteroatoms. The molecule has 0 spiro atoms. The summed E-state index contributed by atoms with van der Waals surface area (Å²) >= 11 is 0. The molecular weight excluding hydrogens is 790 g/mol. The van der Waals surface area contributed by atoms with E-state index in [1.54, 1.807) is 35.4 Å². The van der Waals surface area contributed by atoms with Crippen LogP contribution in [-0.2, 0) is 20.6 Å². The number of aromatic nitrogens is 1. The summed E-state index contributed by atoms with van der Waals surface area (Å²) in [5.74, 6) is 5.37. The average molecular weight is 835 g/mol. The highest BCUT2D eigenvalue weighted by molar-refractivity contribution is 6.23. The van der Waals surface area contributed by atoms with Crippen LogP contribution in [0.15, 0.2) is 54.7 Å². The van der Waals surface area contributed by atoms with Crippen molar-refractivity contribution in [3.63, 3.8) is 0 Å². The Morgan fingerprint density at radius 3 is 2.15 bits per heavy atom. The van der Waals surface area contributed by atoms with Crippen molar-refractivity contribution in [2.75, 3.05) is 60.9 Å². The summed E-state index contributed by atoms with van der Waals surface area (Å²) in [6.45, 7) is 5.43. The molecule has 13 nitrogen and oxygen atoms in total. The van der Waals surface area contributed by atoms with E-state index < -0.39 is 47.0 Å². The van der Waals surface area contributed by atoms with Crippen LogP contribution in [0.5, 0.6) is 0 Å². The molecule has 4 fully saturated rings. The lowest BCUT2D eigenvalue weighted by Gasteiger charge is -2.38. The minimum absolute atomic E-state index is 0.0803. The van der Waals surface area contributed by atoms with E-state index in [4.69, 9.17) is 5.26 Å². The van der Waals surface area contributed by atoms with Crippen molar-refractivity contribution in [3.05, 3.63) is 82.5 Å². The van der Waals surface area contributed by atoms with Crippen LogP contribution in [0.25, 0.3) is 0 Å². The van der Waals surface area contributed by atoms with Crippen molar-refractivity contribution in [3.8, 4) is 17.9 Å². The number of rotatable bonds is 7. The molecule has 2 N–H and O–H groups in total. The Bertz CT molecular complexity index is 2330. The van der Waals surface area contributed by atoms with E-state index in [1.807, 2.05) is 12.1 Å². The number of alkyl halides is 3. The number of halogens is 3. The summed E-state index contributed by atoms with van der Waals surface area (Å²) in [5, 5.41) is 14.2. The number of amides is 5. The Labute approximate surface area is 351 Å². The van der Waals surface area contributed by atoms with Gasteiger partial charge in [0.15, 0.2) is 0 Å². The Hall–Kier alpha value is -6.26. The molecule has 3 aromatic rings. The normalized spacial score (nSPS) is 20.8. The van der Waals surface area contributed by atoms with Crippen molar-refractivity contribution < 1.29 is 37.1 Å². The Balaban J connectivity index is 0.750. The molecule has 5 amide bonds. The summed E-state index contributed by atoms with van der Waals surface area (Å²) in [4.78, 5) is 75.4. The molecule has 61 heavy (non-hydrogen) atoms. The number of nitrogens with zero attached hydrogens (tertiary/aromatic N) is 6. The van der Waals surface area contributed by atoms with Crippen molar-refractivity contribution in [2.45, 2.75) is 63.6 Å². The van der Waals surface area contributed by atoms with Gasteiger partial charge in [0.2, 0.25) is 17.7 Å². The summed E-state index contributed by atoms with van der Waals surface area (Å²) < 4.78 is 40.4. The van der Waals surface area contributed by atoms with E-state index in [0.717, 1.165) is 80.6 Å². The second-order valence-corrected chi connectivity index (χ2v) is 16.5. The molecule has 1 atom stereocenters. The molecule has 0 radical (unpaired) electrons. The summed E-state index contributed by atoms with van der Waals surface area (Å²) in [7, 11) is 0. The third kappa shape index (κ3) is 9.10. The quantitative estimate of drug-likeness (QED) is 0.239. The number of anilines is 3. The molecule has 5 aliphatic rings. The Morgan fingerprint density at radius 1 is 0.820 bits per heavy atom. The molecule has 5 aliphatic heterocycles. The van der Waals surface area contributed by atoms with E-state index in [-0.39, 0.29) is 36.1 Å². The van der Waals surface area contributed by atoms with Crippen LogP contribution < -0.4 is 20.4 Å². The molecule has 8 rings (SSSR count). The largest absolute Gasteiger partial charge is 0.417 e. The van der Waals surface area contributed by atoms with Crippen LogP contribution in [-0.4, -0.2) is 96.2 Å². The fourth-order valence-electron chi connectivity index (χ4n) is 9.07. The number of nitrogens with one attached hydrogen (secondary N) is 2. The fraction of sp³-hybridized carbons (Fsp3) is 0.444. The lowest BCUT2D eigenvalue weighted by molar-refractivity contribution is -0.138. The first-order valence-electron chi connectivity index (χ1n) is 20.8. The predicted molar refractivity (Wildman–Crippen MR) is 218 cm³/mol. The van der Waals surface area contributed by atoms with Gasteiger partial charge in [-0.05, 0) is 112 Å². The topological polar surface area (TPSA) is 159 Å². The third-order valence-electron chi connectivity index (χ3n) is 12.6. The second-order valence-electron chi connectivity index (χ2n) is 16.5. The molecule has 0 aliphatic carbocycles. The van der Waals surface area contributed by atoms with Crippen molar-refractivity contribution in [1.82, 2.24) is 20.1 Å². The van der Waals surface area contributed by atoms with Crippen LogP contribution >= 0.6 is 0 Å². The molecule has 1 aromatic heterocycles. The lowest BCUT2D eigenvalue weighted by Crippen LogP contribution is -2.54. The number of imide groups is 2. The van der Waals surface area contributed by atoms with Gasteiger partial charge in [0.05, 0.1) is 28.3 Å². The number of likely N-dealkylation sites (tertiary alicyclic amines) is 1. The standard InChI is InChI=1S/C45H45F3N8O5/c46-45(47,48)37-24-34(5-4-32(37)25-49)55-21-15-31(16-22-55)41(58)51-39-9-3-29(26-50-39)2-1-28-11-17-53(18-12-28)27-30-13-19-54(20-14-30)33-6-7-35-36(23-33)44(61)56(43(35)60)38-8-10-40(57)52-42(38)59/h3-7,9,23-24,26,28,30-31,38H,8,10-22,27H2,(H,50,51,58)(H,52,57,59). The van der Waals surface area contributed by atoms with Gasteiger partial charge in [-0.1, -0.05) is 11.8 Å². The molecule has 4 saturated heterocycles. The number of pyridine rings is 1. The fourth-order valence-corrected chi connectivity index (χ4v) is 9.07. The molecule has 2 aromatic carbocycles. The SMILES string of the molecule is N#Cc1ccc(N2CCC(C(=O)Nc3ccc(C#CC4CCN(CC5CCN(c6ccc7c(c6)C(=O)N(C6CCC(=O)NC6=O)C7=O)CC5)CC4)cn3)CC2)cc1C(F)(F)F. The number of benzene rings is 2. The van der Waals surface area contributed by atoms with Gasteiger partial charge in [-0.15, -0.1) is 0 Å². The molecule has 316 valence electrons. The zero-order valence-corrected chi connectivity index (χ0v) is 33.5. The minimum Gasteiger partial charge on any atom is -0.371 e. The highest BCUT2D eigenvalue weighted by atomic mass is 19.4. The maximum absolute atomic E-state index is 13.5. The van der Waals surface area contributed by atoms with E-state index in [9.17, 15) is 37.1 Å². The van der Waals surface area contributed by atoms with E-state index in [0.29, 0.717) is 48.9 Å². The number of piperidine rings is 4. The Kier molecular flexibility index (Phi) is 11.8. The average Bonchev–Trinajstić information content (AvgIpc) is 3.51. The van der Waals surface area contributed by atoms with Crippen molar-refractivity contribution >= 4 is 46.7 Å². The number of carbonyl (C=O) groups is 5. The number of fused-ring (bicyclic) bond motifs is 1. The maximum atomic E-state index is 13.5. The Morgan fingerprint density at radius 2 is 1.49 bits per heavy atom. The van der Waals surface area contributed by atoms with Gasteiger partial charge in [0, 0.05) is 74.1 Å². The van der Waals surface area contributed by atoms with Gasteiger partial charge in [-0.25, -0.2) is 4.98 Å². The van der Waals surface area contributed by atoms with Gasteiger partial charge in [0.25, 0.3) is 11.8 Å². The van der Waals surface area contributed by atoms with Crippen LogP contribution in [0.1, 0.15) is 88.8 Å². The predicted octanol–water partition coefficient (Wildman–Crippen LogP) is 5.21. The molecule has 0 bridgehead atoms. The molecule has 1 unspecified atom stereocenters. The van der Waals surface area contributed by atoms with Gasteiger partial charge in [0.1, 0.15) is 11.9 Å². The van der Waals surface area contributed by atoms with Gasteiger partial charge in [-0.3, -0.25) is 34.2 Å². The zero-order valence-electron chi connectivity index (χ0n) is 33.5. The second kappa shape index (κ2) is 17.4. The van der Waals surface area contributed by atoms with Crippen LogP contribution in [0, 0.1) is 40.9 Å². The summed E-state index contributed by atoms with van der Waals surface area (Å²) in [6, 6.07) is 13.2. The van der Waals surface area contributed by atoms with Crippen molar-refractivity contribution in [2.24, 2.45) is 17.8 Å². The minimum atomic E-state index is -4.63. The summed E-state index contributed by atoms with van der Waals surface area (Å²) in [5.41, 5.74) is 1.22. The van der Waals surface area contributed by atoms with Crippen LogP contribution in [0.3, 0.4) is 0 Å². The van der Waals surface area contributed by atoms with Crippen molar-refractivity contribution in [1.29, 1.82) is 5.26 Å². The number of hydrogen-bond donors (Lipinski definition) is 2. The number of hydrogen-bond acceptors (Lipinski definition) is 10. The molecule has 6 heterocycles. The number of nitriles is 1. The maximum Gasteiger partial charge on any atom is 0.417 e. The van der Waals surface area contributed by atoms with E-state index in [2.05, 4.69) is 37.3 Å². The molecule has 0 saturated carbocycles. The highest BCUT2D eigenvalue weighted by Crippen LogP contribution is 2.36. The van der Waals surface area contributed by atoms with E-state index in [1.165, 1.54) is 12.1 Å². The van der Waals surface area contributed by atoms with Gasteiger partial charge >= 0.3 is 6.18 Å².